The van der Waals surface area contributed by atoms with Crippen LogP contribution in [0.15, 0.2) is 29.0 Å². The van der Waals surface area contributed by atoms with Gasteiger partial charge in [-0.2, -0.15) is 11.3 Å². The summed E-state index contributed by atoms with van der Waals surface area (Å²) in [5.41, 5.74) is 1.46. The van der Waals surface area contributed by atoms with Gasteiger partial charge in [-0.25, -0.2) is 0 Å². The van der Waals surface area contributed by atoms with Crippen LogP contribution in [0.4, 0.5) is 0 Å². The maximum atomic E-state index is 2.30. The summed E-state index contributed by atoms with van der Waals surface area (Å²) < 4.78 is 0. The van der Waals surface area contributed by atoms with E-state index >= 15 is 0 Å². The number of hydrogen-bond donors (Lipinski definition) is 0. The molecule has 2 rings (SSSR count). The molecule has 0 aliphatic heterocycles. The lowest BCUT2D eigenvalue weighted by atomic mass is 10.1. The fraction of sp³-hybridized carbons (Fsp3) is 0.273. The van der Waals surface area contributed by atoms with E-state index in [0.717, 1.165) is 0 Å². The van der Waals surface area contributed by atoms with Crippen molar-refractivity contribution in [1.29, 1.82) is 0 Å². The molecule has 1 aromatic heterocycles. The number of benzene rings is 1. The average Bonchev–Trinajstić information content (AvgIpc) is 2.51. The van der Waals surface area contributed by atoms with Gasteiger partial charge < -0.3 is 0 Å². The van der Waals surface area contributed by atoms with Gasteiger partial charge in [0.2, 0.25) is 0 Å². The monoisotopic (exact) mass is 176 g/mol. The molecule has 0 nitrogen and oxygen atoms in total. The Morgan fingerprint density at radius 1 is 1.17 bits per heavy atom. The van der Waals surface area contributed by atoms with Gasteiger partial charge >= 0.3 is 0 Å². The van der Waals surface area contributed by atoms with Gasteiger partial charge in [0.25, 0.3) is 0 Å². The van der Waals surface area contributed by atoms with Gasteiger partial charge in [0, 0.05) is 0 Å². The first-order chi connectivity index (χ1) is 5.90. The van der Waals surface area contributed by atoms with Crippen LogP contribution in [0.1, 0.15) is 18.9 Å². The van der Waals surface area contributed by atoms with E-state index in [1.165, 1.54) is 29.2 Å². The Morgan fingerprint density at radius 3 is 2.83 bits per heavy atom. The Kier molecular flexibility index (Phi) is 2.13. The molecule has 1 aromatic carbocycles. The third-order valence-corrected chi connectivity index (χ3v) is 2.86. The second kappa shape index (κ2) is 3.28. The minimum Gasteiger partial charge on any atom is -0.151 e. The summed E-state index contributed by atoms with van der Waals surface area (Å²) in [6, 6.07) is 6.75. The SMILES string of the molecule is CCCc1ccc2cscc2c1. The maximum absolute atomic E-state index is 2.30. The zero-order chi connectivity index (χ0) is 8.39. The van der Waals surface area contributed by atoms with Crippen molar-refractivity contribution in [3.05, 3.63) is 34.5 Å². The molecule has 0 N–H and O–H groups in total. The lowest BCUT2D eigenvalue weighted by Gasteiger charge is -1.97. The van der Waals surface area contributed by atoms with Crippen molar-refractivity contribution in [2.24, 2.45) is 0 Å². The lowest BCUT2D eigenvalue weighted by molar-refractivity contribution is 0.924. The predicted octanol–water partition coefficient (Wildman–Crippen LogP) is 3.85. The standard InChI is InChI=1S/C11H12S/c1-2-3-9-4-5-10-7-12-8-11(10)6-9/h4-8H,2-3H2,1H3. The molecule has 0 aliphatic rings. The number of aryl methyl sites for hydroxylation is 1. The number of rotatable bonds is 2. The van der Waals surface area contributed by atoms with E-state index in [1.54, 1.807) is 11.3 Å². The summed E-state index contributed by atoms with van der Waals surface area (Å²) in [4.78, 5) is 0. The molecule has 62 valence electrons. The van der Waals surface area contributed by atoms with Crippen molar-refractivity contribution in [2.45, 2.75) is 19.8 Å². The highest BCUT2D eigenvalue weighted by Crippen LogP contribution is 2.20. The molecule has 0 fully saturated rings. The number of fused-ring (bicyclic) bond motifs is 1. The van der Waals surface area contributed by atoms with E-state index in [0.29, 0.717) is 0 Å². The van der Waals surface area contributed by atoms with E-state index < -0.39 is 0 Å². The molecule has 0 saturated carbocycles. The van der Waals surface area contributed by atoms with Crippen LogP contribution in [0.25, 0.3) is 10.8 Å². The third-order valence-electron chi connectivity index (χ3n) is 2.08. The van der Waals surface area contributed by atoms with Gasteiger partial charge in [-0.05, 0) is 33.5 Å². The molecular formula is C11H12S. The molecule has 0 spiro atoms. The van der Waals surface area contributed by atoms with Crippen LogP contribution < -0.4 is 0 Å². The highest BCUT2D eigenvalue weighted by atomic mass is 32.1. The van der Waals surface area contributed by atoms with Crippen LogP contribution in [0.5, 0.6) is 0 Å². The van der Waals surface area contributed by atoms with Gasteiger partial charge in [0.1, 0.15) is 0 Å². The van der Waals surface area contributed by atoms with Crippen molar-refractivity contribution in [2.75, 3.05) is 0 Å². The second-order valence-corrected chi connectivity index (χ2v) is 3.83. The van der Waals surface area contributed by atoms with Gasteiger partial charge in [0.15, 0.2) is 0 Å². The summed E-state index contributed by atoms with van der Waals surface area (Å²) >= 11 is 1.78. The molecule has 1 heteroatoms. The summed E-state index contributed by atoms with van der Waals surface area (Å²) in [5.74, 6) is 0. The van der Waals surface area contributed by atoms with E-state index in [2.05, 4.69) is 35.9 Å². The zero-order valence-corrected chi connectivity index (χ0v) is 8.03. The summed E-state index contributed by atoms with van der Waals surface area (Å²) in [5, 5.41) is 7.19. The lowest BCUT2D eigenvalue weighted by Crippen LogP contribution is -1.80. The Bertz CT molecular complexity index is 373. The van der Waals surface area contributed by atoms with Crippen molar-refractivity contribution in [1.82, 2.24) is 0 Å². The normalized spacial score (nSPS) is 10.8. The fourth-order valence-corrected chi connectivity index (χ4v) is 2.24. The van der Waals surface area contributed by atoms with Crippen molar-refractivity contribution >= 4 is 22.1 Å². The first kappa shape index (κ1) is 7.81. The third kappa shape index (κ3) is 1.37. The largest absolute Gasteiger partial charge is 0.151 e. The van der Waals surface area contributed by atoms with Gasteiger partial charge in [-0.3, -0.25) is 0 Å². The molecule has 0 unspecified atom stereocenters. The minimum atomic E-state index is 1.20. The predicted molar refractivity (Wildman–Crippen MR) is 55.8 cm³/mol. The van der Waals surface area contributed by atoms with E-state index in [4.69, 9.17) is 0 Å². The molecule has 0 atom stereocenters. The Balaban J connectivity index is 2.46. The van der Waals surface area contributed by atoms with Crippen molar-refractivity contribution in [3.63, 3.8) is 0 Å². The van der Waals surface area contributed by atoms with Crippen LogP contribution in [-0.4, -0.2) is 0 Å². The van der Waals surface area contributed by atoms with Gasteiger partial charge in [-0.15, -0.1) is 0 Å². The first-order valence-electron chi connectivity index (χ1n) is 4.35. The zero-order valence-electron chi connectivity index (χ0n) is 7.21. The topological polar surface area (TPSA) is 0 Å². The van der Waals surface area contributed by atoms with Crippen LogP contribution in [0, 0.1) is 0 Å². The molecule has 0 bridgehead atoms. The Morgan fingerprint density at radius 2 is 2.00 bits per heavy atom. The van der Waals surface area contributed by atoms with Crippen LogP contribution in [0.2, 0.25) is 0 Å². The molecule has 1 heterocycles. The maximum Gasteiger partial charge on any atom is -0.00144 e. The molecule has 0 radical (unpaired) electrons. The van der Waals surface area contributed by atoms with Crippen LogP contribution in [0.3, 0.4) is 0 Å². The number of hydrogen-bond acceptors (Lipinski definition) is 1. The van der Waals surface area contributed by atoms with Crippen LogP contribution in [-0.2, 0) is 6.42 Å². The summed E-state index contributed by atoms with van der Waals surface area (Å²) in [6.45, 7) is 2.22. The Hall–Kier alpha value is -0.820. The van der Waals surface area contributed by atoms with E-state index in [1.807, 2.05) is 0 Å². The van der Waals surface area contributed by atoms with Gasteiger partial charge in [-0.1, -0.05) is 31.5 Å². The highest BCUT2D eigenvalue weighted by molar-refractivity contribution is 7.09. The molecule has 0 amide bonds. The quantitative estimate of drug-likeness (QED) is 0.652. The second-order valence-electron chi connectivity index (χ2n) is 3.09. The molecule has 0 saturated heterocycles. The Labute approximate surface area is 76.8 Å². The van der Waals surface area contributed by atoms with E-state index in [-0.39, 0.29) is 0 Å². The molecular weight excluding hydrogens is 164 g/mol. The highest BCUT2D eigenvalue weighted by Gasteiger charge is 1.95. The first-order valence-corrected chi connectivity index (χ1v) is 5.29. The fourth-order valence-electron chi connectivity index (χ4n) is 1.46. The summed E-state index contributed by atoms with van der Waals surface area (Å²) in [6.07, 6.45) is 2.43. The molecule has 2 aromatic rings. The van der Waals surface area contributed by atoms with Crippen molar-refractivity contribution in [3.8, 4) is 0 Å². The molecule has 12 heavy (non-hydrogen) atoms. The van der Waals surface area contributed by atoms with Crippen molar-refractivity contribution < 1.29 is 0 Å². The average molecular weight is 176 g/mol. The number of thiophene rings is 1. The smallest absolute Gasteiger partial charge is 0.00144 e. The minimum absolute atomic E-state index is 1.20. The summed E-state index contributed by atoms with van der Waals surface area (Å²) in [7, 11) is 0. The van der Waals surface area contributed by atoms with Crippen LogP contribution >= 0.6 is 11.3 Å². The van der Waals surface area contributed by atoms with Gasteiger partial charge in [0.05, 0.1) is 0 Å². The molecule has 0 aliphatic carbocycles. The van der Waals surface area contributed by atoms with E-state index in [9.17, 15) is 0 Å².